The van der Waals surface area contributed by atoms with Gasteiger partial charge in [-0.2, -0.15) is 8.42 Å². The van der Waals surface area contributed by atoms with E-state index in [0.29, 0.717) is 18.9 Å². The SMILES string of the molecule is COc1ccccc1N1CCN(C(=NS(=O)(=O)c2ccccc2)c2ccccc2)CC1. The molecule has 3 aromatic carbocycles. The second-order valence-corrected chi connectivity index (χ2v) is 8.82. The lowest BCUT2D eigenvalue weighted by Gasteiger charge is -2.38. The Labute approximate surface area is 183 Å². The highest BCUT2D eigenvalue weighted by molar-refractivity contribution is 7.90. The van der Waals surface area contributed by atoms with Crippen LogP contribution >= 0.6 is 0 Å². The maximum Gasteiger partial charge on any atom is 0.284 e. The molecule has 0 spiro atoms. The van der Waals surface area contributed by atoms with Crippen LogP contribution in [0.3, 0.4) is 0 Å². The van der Waals surface area contributed by atoms with Gasteiger partial charge in [0.15, 0.2) is 0 Å². The fourth-order valence-electron chi connectivity index (χ4n) is 3.69. The standard InChI is InChI=1S/C24H25N3O3S/c1-30-23-15-9-8-14-22(23)26-16-18-27(19-17-26)24(20-10-4-2-5-11-20)25-31(28,29)21-12-6-3-7-13-21/h2-15H,16-19H2,1H3. The molecule has 6 nitrogen and oxygen atoms in total. The molecular formula is C24H25N3O3S. The second kappa shape index (κ2) is 9.22. The van der Waals surface area contributed by atoms with Crippen molar-refractivity contribution in [1.29, 1.82) is 0 Å². The average molecular weight is 436 g/mol. The van der Waals surface area contributed by atoms with E-state index in [4.69, 9.17) is 4.74 Å². The van der Waals surface area contributed by atoms with Gasteiger partial charge in [-0.15, -0.1) is 4.40 Å². The first-order valence-electron chi connectivity index (χ1n) is 10.2. The van der Waals surface area contributed by atoms with Crippen LogP contribution in [-0.4, -0.2) is 52.4 Å². The van der Waals surface area contributed by atoms with Gasteiger partial charge in [0, 0.05) is 31.7 Å². The number of rotatable bonds is 5. The van der Waals surface area contributed by atoms with E-state index in [0.717, 1.165) is 30.1 Å². The van der Waals surface area contributed by atoms with Crippen LogP contribution < -0.4 is 9.64 Å². The van der Waals surface area contributed by atoms with Gasteiger partial charge in [-0.3, -0.25) is 0 Å². The van der Waals surface area contributed by atoms with E-state index < -0.39 is 10.0 Å². The van der Waals surface area contributed by atoms with Crippen LogP contribution in [0.25, 0.3) is 0 Å². The highest BCUT2D eigenvalue weighted by atomic mass is 32.2. The monoisotopic (exact) mass is 435 g/mol. The summed E-state index contributed by atoms with van der Waals surface area (Å²) in [6, 6.07) is 25.8. The summed E-state index contributed by atoms with van der Waals surface area (Å²) in [4.78, 5) is 4.49. The van der Waals surface area contributed by atoms with Crippen LogP contribution in [0.5, 0.6) is 5.75 Å². The maximum absolute atomic E-state index is 13.0. The molecule has 160 valence electrons. The van der Waals surface area contributed by atoms with Gasteiger partial charge in [-0.05, 0) is 24.3 Å². The summed E-state index contributed by atoms with van der Waals surface area (Å²) in [5, 5.41) is 0. The number of amidine groups is 1. The number of hydrogen-bond donors (Lipinski definition) is 0. The lowest BCUT2D eigenvalue weighted by Crippen LogP contribution is -2.49. The van der Waals surface area contributed by atoms with Gasteiger partial charge in [0.1, 0.15) is 11.6 Å². The summed E-state index contributed by atoms with van der Waals surface area (Å²) in [7, 11) is -2.15. The summed E-state index contributed by atoms with van der Waals surface area (Å²) < 4.78 is 35.7. The van der Waals surface area contributed by atoms with E-state index in [9.17, 15) is 8.42 Å². The Hall–Kier alpha value is -3.32. The Morgan fingerprint density at radius 1 is 0.806 bits per heavy atom. The molecule has 0 unspecified atom stereocenters. The number of hydrogen-bond acceptors (Lipinski definition) is 4. The normalized spacial score (nSPS) is 15.1. The summed E-state index contributed by atoms with van der Waals surface area (Å²) in [6.07, 6.45) is 0. The van der Waals surface area contributed by atoms with Gasteiger partial charge in [0.05, 0.1) is 17.7 Å². The second-order valence-electron chi connectivity index (χ2n) is 7.21. The fourth-order valence-corrected chi connectivity index (χ4v) is 4.74. The number of nitrogens with zero attached hydrogens (tertiary/aromatic N) is 3. The number of sulfonamides is 1. The van der Waals surface area contributed by atoms with Crippen molar-refractivity contribution in [3.8, 4) is 5.75 Å². The van der Waals surface area contributed by atoms with E-state index in [1.54, 1.807) is 37.4 Å². The zero-order valence-corrected chi connectivity index (χ0v) is 18.2. The molecule has 1 heterocycles. The lowest BCUT2D eigenvalue weighted by atomic mass is 10.1. The van der Waals surface area contributed by atoms with Gasteiger partial charge in [0.25, 0.3) is 10.0 Å². The Balaban J connectivity index is 1.62. The first-order valence-corrected chi connectivity index (χ1v) is 11.6. The van der Waals surface area contributed by atoms with Gasteiger partial charge >= 0.3 is 0 Å². The first kappa shape index (κ1) is 20.9. The Bertz CT molecular complexity index is 1140. The molecule has 31 heavy (non-hydrogen) atoms. The zero-order valence-electron chi connectivity index (χ0n) is 17.4. The molecule has 0 amide bonds. The molecule has 0 radical (unpaired) electrons. The van der Waals surface area contributed by atoms with Crippen LogP contribution in [0.1, 0.15) is 5.56 Å². The van der Waals surface area contributed by atoms with Gasteiger partial charge in [-0.1, -0.05) is 60.7 Å². The van der Waals surface area contributed by atoms with Crippen molar-refractivity contribution in [2.75, 3.05) is 38.2 Å². The molecule has 0 N–H and O–H groups in total. The molecule has 0 aromatic heterocycles. The minimum Gasteiger partial charge on any atom is -0.495 e. The molecule has 1 fully saturated rings. The van der Waals surface area contributed by atoms with Crippen LogP contribution in [0.15, 0.2) is 94.2 Å². The van der Waals surface area contributed by atoms with Crippen molar-refractivity contribution < 1.29 is 13.2 Å². The van der Waals surface area contributed by atoms with E-state index in [1.165, 1.54) is 0 Å². The Kier molecular flexibility index (Phi) is 6.23. The zero-order chi connectivity index (χ0) is 21.7. The van der Waals surface area contributed by atoms with Crippen molar-refractivity contribution in [3.05, 3.63) is 90.5 Å². The van der Waals surface area contributed by atoms with E-state index in [2.05, 4.69) is 9.30 Å². The van der Waals surface area contributed by atoms with E-state index in [-0.39, 0.29) is 4.90 Å². The van der Waals surface area contributed by atoms with Crippen molar-refractivity contribution in [2.45, 2.75) is 4.90 Å². The quantitative estimate of drug-likeness (QED) is 0.452. The highest BCUT2D eigenvalue weighted by Gasteiger charge is 2.25. The Morgan fingerprint density at radius 3 is 2.03 bits per heavy atom. The predicted octanol–water partition coefficient (Wildman–Crippen LogP) is 3.65. The van der Waals surface area contributed by atoms with E-state index in [1.807, 2.05) is 59.5 Å². The smallest absolute Gasteiger partial charge is 0.284 e. The van der Waals surface area contributed by atoms with Gasteiger partial charge in [0.2, 0.25) is 0 Å². The third-order valence-electron chi connectivity index (χ3n) is 5.28. The molecule has 3 aromatic rings. The van der Waals surface area contributed by atoms with Crippen molar-refractivity contribution in [3.63, 3.8) is 0 Å². The van der Waals surface area contributed by atoms with Crippen LogP contribution in [0.4, 0.5) is 5.69 Å². The summed E-state index contributed by atoms with van der Waals surface area (Å²) in [6.45, 7) is 2.77. The molecule has 1 aliphatic heterocycles. The molecule has 1 aliphatic rings. The third kappa shape index (κ3) is 4.72. The molecule has 1 saturated heterocycles. The number of anilines is 1. The minimum absolute atomic E-state index is 0.191. The number of para-hydroxylation sites is 2. The topological polar surface area (TPSA) is 62.2 Å². The molecular weight excluding hydrogens is 410 g/mol. The van der Waals surface area contributed by atoms with Crippen LogP contribution in [0, 0.1) is 0 Å². The third-order valence-corrected chi connectivity index (χ3v) is 6.57. The Morgan fingerprint density at radius 2 is 1.39 bits per heavy atom. The van der Waals surface area contributed by atoms with Crippen LogP contribution in [-0.2, 0) is 10.0 Å². The summed E-state index contributed by atoms with van der Waals surface area (Å²) >= 11 is 0. The molecule has 0 bridgehead atoms. The fraction of sp³-hybridized carbons (Fsp3) is 0.208. The van der Waals surface area contributed by atoms with E-state index >= 15 is 0 Å². The molecule has 7 heteroatoms. The molecule has 0 aliphatic carbocycles. The number of methoxy groups -OCH3 is 1. The largest absolute Gasteiger partial charge is 0.495 e. The maximum atomic E-state index is 13.0. The summed E-state index contributed by atoms with van der Waals surface area (Å²) in [5.74, 6) is 1.31. The number of ether oxygens (including phenoxy) is 1. The highest BCUT2D eigenvalue weighted by Crippen LogP contribution is 2.28. The first-order chi connectivity index (χ1) is 15.1. The van der Waals surface area contributed by atoms with Crippen LogP contribution in [0.2, 0.25) is 0 Å². The minimum atomic E-state index is -3.82. The predicted molar refractivity (Wildman–Crippen MR) is 123 cm³/mol. The average Bonchev–Trinajstić information content (AvgIpc) is 2.84. The van der Waals surface area contributed by atoms with Gasteiger partial charge in [-0.25, -0.2) is 0 Å². The lowest BCUT2D eigenvalue weighted by molar-refractivity contribution is 0.379. The van der Waals surface area contributed by atoms with Crippen molar-refractivity contribution >= 4 is 21.5 Å². The van der Waals surface area contributed by atoms with Crippen molar-refractivity contribution in [2.24, 2.45) is 4.40 Å². The van der Waals surface area contributed by atoms with Gasteiger partial charge < -0.3 is 14.5 Å². The summed E-state index contributed by atoms with van der Waals surface area (Å²) in [5.41, 5.74) is 1.83. The molecule has 0 atom stereocenters. The molecule has 0 saturated carbocycles. The number of piperazine rings is 1. The molecule has 4 rings (SSSR count). The van der Waals surface area contributed by atoms with Crippen molar-refractivity contribution in [1.82, 2.24) is 4.90 Å². The number of benzene rings is 3.